The van der Waals surface area contributed by atoms with E-state index in [1.54, 1.807) is 7.11 Å². The van der Waals surface area contributed by atoms with Crippen LogP contribution in [0.25, 0.3) is 0 Å². The molecular weight excluding hydrogens is 344 g/mol. The van der Waals surface area contributed by atoms with E-state index in [1.165, 1.54) is 0 Å². The molecule has 0 aliphatic carbocycles. The van der Waals surface area contributed by atoms with E-state index < -0.39 is 10.0 Å². The van der Waals surface area contributed by atoms with Gasteiger partial charge in [0, 0.05) is 12.6 Å². The predicted octanol–water partition coefficient (Wildman–Crippen LogP) is 2.05. The highest BCUT2D eigenvalue weighted by atomic mass is 79.9. The van der Waals surface area contributed by atoms with Gasteiger partial charge in [-0.2, -0.15) is 0 Å². The molecule has 1 atom stereocenters. The molecule has 0 bridgehead atoms. The van der Waals surface area contributed by atoms with Crippen LogP contribution in [0.1, 0.15) is 24.9 Å². The van der Waals surface area contributed by atoms with Gasteiger partial charge in [-0.05, 0) is 53.5 Å². The molecule has 2 N–H and O–H groups in total. The first kappa shape index (κ1) is 17.4. The third-order valence-electron chi connectivity index (χ3n) is 2.84. The summed E-state index contributed by atoms with van der Waals surface area (Å²) in [4.78, 5) is 0. The summed E-state index contributed by atoms with van der Waals surface area (Å²) in [5, 5.41) is 3.35. The number of hydrogen-bond donors (Lipinski definition) is 2. The first-order chi connectivity index (χ1) is 9.33. The highest BCUT2D eigenvalue weighted by molar-refractivity contribution is 9.10. The Morgan fingerprint density at radius 1 is 1.35 bits per heavy atom. The number of sulfonamides is 1. The van der Waals surface area contributed by atoms with Crippen LogP contribution in [0, 0.1) is 0 Å². The molecular formula is C13H21BrN2O3S. The van der Waals surface area contributed by atoms with Gasteiger partial charge in [-0.1, -0.05) is 6.07 Å². The number of nitrogens with one attached hydrogen (secondary N) is 2. The molecule has 0 saturated carbocycles. The molecule has 20 heavy (non-hydrogen) atoms. The van der Waals surface area contributed by atoms with Gasteiger partial charge in [-0.25, -0.2) is 13.1 Å². The van der Waals surface area contributed by atoms with Gasteiger partial charge in [0.05, 0.1) is 17.8 Å². The fourth-order valence-corrected chi connectivity index (χ4v) is 2.81. The molecule has 114 valence electrons. The second kappa shape index (κ2) is 7.97. The van der Waals surface area contributed by atoms with Crippen LogP contribution in [-0.4, -0.2) is 34.9 Å². The number of hydrogen-bond acceptors (Lipinski definition) is 4. The zero-order valence-corrected chi connectivity index (χ0v) is 14.3. The monoisotopic (exact) mass is 364 g/mol. The first-order valence-electron chi connectivity index (χ1n) is 6.35. The van der Waals surface area contributed by atoms with E-state index in [4.69, 9.17) is 4.74 Å². The van der Waals surface area contributed by atoms with Crippen LogP contribution in [0.15, 0.2) is 22.7 Å². The molecule has 1 aromatic carbocycles. The first-order valence-corrected chi connectivity index (χ1v) is 9.03. The minimum atomic E-state index is -3.09. The minimum Gasteiger partial charge on any atom is -0.496 e. The third kappa shape index (κ3) is 6.21. The summed E-state index contributed by atoms with van der Waals surface area (Å²) in [7, 11) is -1.45. The predicted molar refractivity (Wildman–Crippen MR) is 84.6 cm³/mol. The van der Waals surface area contributed by atoms with Gasteiger partial charge >= 0.3 is 0 Å². The lowest BCUT2D eigenvalue weighted by Gasteiger charge is -2.15. The standard InChI is InChI=1S/C13H21BrN2O3S/c1-10(15-7-4-8-16-20(3,17)18)11-5-6-13(19-2)12(14)9-11/h5-6,9-10,15-16H,4,7-8H2,1-3H3. The Hall–Kier alpha value is -0.630. The summed E-state index contributed by atoms with van der Waals surface area (Å²) in [6.07, 6.45) is 1.91. The molecule has 0 amide bonds. The van der Waals surface area contributed by atoms with Crippen LogP contribution in [-0.2, 0) is 10.0 Å². The normalized spacial score (nSPS) is 13.2. The van der Waals surface area contributed by atoms with E-state index >= 15 is 0 Å². The van der Waals surface area contributed by atoms with Crippen LogP contribution < -0.4 is 14.8 Å². The molecule has 1 aromatic rings. The van der Waals surface area contributed by atoms with Crippen LogP contribution in [0.5, 0.6) is 5.75 Å². The smallest absolute Gasteiger partial charge is 0.208 e. The van der Waals surface area contributed by atoms with E-state index in [0.29, 0.717) is 6.54 Å². The SMILES string of the molecule is COc1ccc(C(C)NCCCNS(C)(=O)=O)cc1Br. The van der Waals surface area contributed by atoms with Crippen molar-refractivity contribution in [1.82, 2.24) is 10.0 Å². The van der Waals surface area contributed by atoms with Crippen molar-refractivity contribution < 1.29 is 13.2 Å². The van der Waals surface area contributed by atoms with Crippen LogP contribution in [0.2, 0.25) is 0 Å². The van der Waals surface area contributed by atoms with Crippen molar-refractivity contribution in [3.05, 3.63) is 28.2 Å². The molecule has 7 heteroatoms. The van der Waals surface area contributed by atoms with Crippen LogP contribution in [0.4, 0.5) is 0 Å². The van der Waals surface area contributed by atoms with Gasteiger partial charge in [0.15, 0.2) is 0 Å². The Balaban J connectivity index is 2.39. The summed E-state index contributed by atoms with van der Waals surface area (Å²) >= 11 is 3.46. The largest absolute Gasteiger partial charge is 0.496 e. The summed E-state index contributed by atoms with van der Waals surface area (Å²) in [6.45, 7) is 3.26. The lowest BCUT2D eigenvalue weighted by atomic mass is 10.1. The van der Waals surface area contributed by atoms with E-state index in [1.807, 2.05) is 18.2 Å². The van der Waals surface area contributed by atoms with Crippen molar-refractivity contribution in [3.8, 4) is 5.75 Å². The molecule has 0 radical (unpaired) electrons. The molecule has 0 heterocycles. The maximum Gasteiger partial charge on any atom is 0.208 e. The van der Waals surface area contributed by atoms with Crippen molar-refractivity contribution in [2.75, 3.05) is 26.5 Å². The Morgan fingerprint density at radius 3 is 2.60 bits per heavy atom. The van der Waals surface area contributed by atoms with Crippen molar-refractivity contribution in [1.29, 1.82) is 0 Å². The van der Waals surface area contributed by atoms with Gasteiger partial charge in [0.2, 0.25) is 10.0 Å². The van der Waals surface area contributed by atoms with Gasteiger partial charge in [0.25, 0.3) is 0 Å². The number of ether oxygens (including phenoxy) is 1. The van der Waals surface area contributed by atoms with Crippen LogP contribution >= 0.6 is 15.9 Å². The molecule has 0 aliphatic rings. The molecule has 5 nitrogen and oxygen atoms in total. The van der Waals surface area contributed by atoms with Gasteiger partial charge in [0.1, 0.15) is 5.75 Å². The van der Waals surface area contributed by atoms with E-state index in [-0.39, 0.29) is 6.04 Å². The average Bonchev–Trinajstić information content (AvgIpc) is 2.36. The molecule has 1 rings (SSSR count). The molecule has 0 aromatic heterocycles. The second-order valence-electron chi connectivity index (χ2n) is 4.59. The molecule has 0 aliphatic heterocycles. The van der Waals surface area contributed by atoms with Gasteiger partial charge in [-0.3, -0.25) is 0 Å². The Morgan fingerprint density at radius 2 is 2.05 bits per heavy atom. The van der Waals surface area contributed by atoms with E-state index in [9.17, 15) is 8.42 Å². The fraction of sp³-hybridized carbons (Fsp3) is 0.538. The quantitative estimate of drug-likeness (QED) is 0.692. The summed E-state index contributed by atoms with van der Waals surface area (Å²) < 4.78 is 30.4. The lowest BCUT2D eigenvalue weighted by Crippen LogP contribution is -2.27. The zero-order valence-electron chi connectivity index (χ0n) is 11.9. The van der Waals surface area contributed by atoms with Crippen LogP contribution in [0.3, 0.4) is 0 Å². The van der Waals surface area contributed by atoms with E-state index in [2.05, 4.69) is 32.9 Å². The van der Waals surface area contributed by atoms with Crippen molar-refractivity contribution in [2.45, 2.75) is 19.4 Å². The molecule has 1 unspecified atom stereocenters. The Kier molecular flexibility index (Phi) is 6.94. The van der Waals surface area contributed by atoms with Crippen molar-refractivity contribution >= 4 is 26.0 Å². The number of methoxy groups -OCH3 is 1. The summed E-state index contributed by atoms with van der Waals surface area (Å²) in [5.74, 6) is 0.804. The van der Waals surface area contributed by atoms with Crippen molar-refractivity contribution in [3.63, 3.8) is 0 Å². The summed E-state index contributed by atoms with van der Waals surface area (Å²) in [6, 6.07) is 6.14. The van der Waals surface area contributed by atoms with Crippen molar-refractivity contribution in [2.24, 2.45) is 0 Å². The maximum absolute atomic E-state index is 10.9. The maximum atomic E-state index is 10.9. The number of rotatable bonds is 8. The van der Waals surface area contributed by atoms with Gasteiger partial charge < -0.3 is 10.1 Å². The second-order valence-corrected chi connectivity index (χ2v) is 7.28. The lowest BCUT2D eigenvalue weighted by molar-refractivity contribution is 0.411. The molecule has 0 saturated heterocycles. The van der Waals surface area contributed by atoms with E-state index in [0.717, 1.165) is 35.0 Å². The fourth-order valence-electron chi connectivity index (χ4n) is 1.73. The highest BCUT2D eigenvalue weighted by Gasteiger charge is 2.08. The minimum absolute atomic E-state index is 0.190. The topological polar surface area (TPSA) is 67.4 Å². The summed E-state index contributed by atoms with van der Waals surface area (Å²) in [5.41, 5.74) is 1.15. The molecule has 0 spiro atoms. The zero-order chi connectivity index (χ0) is 15.2. The number of benzene rings is 1. The average molecular weight is 365 g/mol. The Bertz CT molecular complexity index is 534. The Labute approximate surface area is 129 Å². The van der Waals surface area contributed by atoms with Gasteiger partial charge in [-0.15, -0.1) is 0 Å². The third-order valence-corrected chi connectivity index (χ3v) is 4.19. The molecule has 0 fully saturated rings. The number of halogens is 1. The highest BCUT2D eigenvalue weighted by Crippen LogP contribution is 2.27.